The SMILES string of the molecule is CC(OC(=O)c1cccc2ccccc12)C(=O)Nc1ccc(S(=O)(=O)N2CCOCC2)cc1. The van der Waals surface area contributed by atoms with Gasteiger partial charge in [-0.05, 0) is 48.0 Å². The number of fused-ring (bicyclic) bond motifs is 1. The van der Waals surface area contributed by atoms with Gasteiger partial charge in [0.25, 0.3) is 5.91 Å². The van der Waals surface area contributed by atoms with E-state index in [4.69, 9.17) is 9.47 Å². The fourth-order valence-electron chi connectivity index (χ4n) is 3.57. The summed E-state index contributed by atoms with van der Waals surface area (Å²) in [4.78, 5) is 25.3. The molecule has 8 nitrogen and oxygen atoms in total. The maximum absolute atomic E-state index is 12.7. The molecule has 1 amide bonds. The number of amides is 1. The van der Waals surface area contributed by atoms with Crippen molar-refractivity contribution in [3.05, 3.63) is 72.3 Å². The summed E-state index contributed by atoms with van der Waals surface area (Å²) in [7, 11) is -3.62. The van der Waals surface area contributed by atoms with Crippen LogP contribution in [0.5, 0.6) is 0 Å². The summed E-state index contributed by atoms with van der Waals surface area (Å²) in [5.41, 5.74) is 0.777. The Morgan fingerprint density at radius 2 is 1.64 bits per heavy atom. The third-order valence-electron chi connectivity index (χ3n) is 5.39. The number of nitrogens with zero attached hydrogens (tertiary/aromatic N) is 1. The van der Waals surface area contributed by atoms with Crippen LogP contribution < -0.4 is 5.32 Å². The summed E-state index contributed by atoms with van der Waals surface area (Å²) in [5, 5.41) is 4.29. The van der Waals surface area contributed by atoms with Crippen molar-refractivity contribution >= 4 is 38.4 Å². The van der Waals surface area contributed by atoms with Crippen molar-refractivity contribution < 1.29 is 27.5 Å². The molecule has 0 saturated carbocycles. The monoisotopic (exact) mass is 468 g/mol. The first-order valence-corrected chi connectivity index (χ1v) is 12.0. The van der Waals surface area contributed by atoms with E-state index in [0.717, 1.165) is 10.8 Å². The first-order valence-electron chi connectivity index (χ1n) is 10.5. The predicted octanol–water partition coefficient (Wildman–Crippen LogP) is 3.04. The molecule has 1 fully saturated rings. The second kappa shape index (κ2) is 9.70. The molecule has 1 atom stereocenters. The molecule has 0 spiro atoms. The zero-order valence-electron chi connectivity index (χ0n) is 18.1. The number of sulfonamides is 1. The van der Waals surface area contributed by atoms with Crippen LogP contribution in [-0.2, 0) is 24.3 Å². The van der Waals surface area contributed by atoms with E-state index >= 15 is 0 Å². The van der Waals surface area contributed by atoms with E-state index in [1.165, 1.54) is 35.5 Å². The maximum Gasteiger partial charge on any atom is 0.339 e. The van der Waals surface area contributed by atoms with E-state index in [9.17, 15) is 18.0 Å². The number of morpholine rings is 1. The Kier molecular flexibility index (Phi) is 6.73. The van der Waals surface area contributed by atoms with Crippen molar-refractivity contribution in [3.8, 4) is 0 Å². The molecule has 1 saturated heterocycles. The first-order chi connectivity index (χ1) is 15.9. The largest absolute Gasteiger partial charge is 0.449 e. The quantitative estimate of drug-likeness (QED) is 0.558. The highest BCUT2D eigenvalue weighted by molar-refractivity contribution is 7.89. The Labute approximate surface area is 192 Å². The molecule has 33 heavy (non-hydrogen) atoms. The first kappa shape index (κ1) is 22.9. The van der Waals surface area contributed by atoms with Crippen LogP contribution >= 0.6 is 0 Å². The third kappa shape index (κ3) is 5.05. The number of hydrogen-bond donors (Lipinski definition) is 1. The minimum absolute atomic E-state index is 0.137. The summed E-state index contributed by atoms with van der Waals surface area (Å²) >= 11 is 0. The highest BCUT2D eigenvalue weighted by atomic mass is 32.2. The fraction of sp³-hybridized carbons (Fsp3) is 0.250. The number of rotatable bonds is 6. The standard InChI is InChI=1S/C24H24N2O6S/c1-17(32-24(28)22-8-4-6-18-5-2-3-7-21(18)22)23(27)25-19-9-11-20(12-10-19)33(29,30)26-13-15-31-16-14-26/h2-12,17H,13-16H2,1H3,(H,25,27). The number of carbonyl (C=O) groups is 2. The van der Waals surface area contributed by atoms with Gasteiger partial charge in [0, 0.05) is 18.8 Å². The van der Waals surface area contributed by atoms with Gasteiger partial charge in [-0.2, -0.15) is 4.31 Å². The average molecular weight is 469 g/mol. The number of ether oxygens (including phenoxy) is 2. The number of benzene rings is 3. The molecule has 0 aliphatic carbocycles. The molecule has 4 rings (SSSR count). The third-order valence-corrected chi connectivity index (χ3v) is 7.31. The lowest BCUT2D eigenvalue weighted by Gasteiger charge is -2.26. The number of hydrogen-bond acceptors (Lipinski definition) is 6. The fourth-order valence-corrected chi connectivity index (χ4v) is 4.98. The zero-order valence-corrected chi connectivity index (χ0v) is 18.9. The summed E-state index contributed by atoms with van der Waals surface area (Å²) < 4.78 is 37.4. The number of carbonyl (C=O) groups excluding carboxylic acids is 2. The second-order valence-electron chi connectivity index (χ2n) is 7.60. The van der Waals surface area contributed by atoms with Gasteiger partial charge in [-0.3, -0.25) is 4.79 Å². The Bertz CT molecular complexity index is 1260. The van der Waals surface area contributed by atoms with Crippen LogP contribution in [0.25, 0.3) is 10.8 Å². The molecule has 1 aliphatic heterocycles. The van der Waals surface area contributed by atoms with Gasteiger partial charge in [0.05, 0.1) is 23.7 Å². The minimum Gasteiger partial charge on any atom is -0.449 e. The lowest BCUT2D eigenvalue weighted by molar-refractivity contribution is -0.123. The lowest BCUT2D eigenvalue weighted by atomic mass is 10.0. The van der Waals surface area contributed by atoms with Gasteiger partial charge in [-0.15, -0.1) is 0 Å². The van der Waals surface area contributed by atoms with Crippen molar-refractivity contribution in [2.45, 2.75) is 17.9 Å². The molecule has 1 N–H and O–H groups in total. The zero-order chi connectivity index (χ0) is 23.4. The lowest BCUT2D eigenvalue weighted by Crippen LogP contribution is -2.40. The van der Waals surface area contributed by atoms with Crippen molar-refractivity contribution in [3.63, 3.8) is 0 Å². The highest BCUT2D eigenvalue weighted by Gasteiger charge is 2.26. The van der Waals surface area contributed by atoms with E-state index < -0.39 is 28.0 Å². The molecule has 3 aromatic carbocycles. The van der Waals surface area contributed by atoms with Gasteiger partial charge < -0.3 is 14.8 Å². The molecular weight excluding hydrogens is 444 g/mol. The van der Waals surface area contributed by atoms with E-state index in [-0.39, 0.29) is 4.90 Å². The van der Waals surface area contributed by atoms with Crippen LogP contribution in [0.2, 0.25) is 0 Å². The van der Waals surface area contributed by atoms with Gasteiger partial charge >= 0.3 is 5.97 Å². The number of anilines is 1. The molecule has 0 radical (unpaired) electrons. The van der Waals surface area contributed by atoms with Crippen LogP contribution in [0.4, 0.5) is 5.69 Å². The van der Waals surface area contributed by atoms with Crippen LogP contribution in [0.3, 0.4) is 0 Å². The molecule has 1 unspecified atom stereocenters. The Morgan fingerprint density at radius 3 is 2.36 bits per heavy atom. The summed E-state index contributed by atoms with van der Waals surface area (Å²) in [6.07, 6.45) is -1.05. The van der Waals surface area contributed by atoms with Gasteiger partial charge in [-0.1, -0.05) is 36.4 Å². The van der Waals surface area contributed by atoms with Crippen LogP contribution in [-0.4, -0.2) is 57.0 Å². The van der Waals surface area contributed by atoms with Crippen LogP contribution in [0.1, 0.15) is 17.3 Å². The average Bonchev–Trinajstić information content (AvgIpc) is 2.84. The highest BCUT2D eigenvalue weighted by Crippen LogP contribution is 2.21. The van der Waals surface area contributed by atoms with Crippen molar-refractivity contribution in [1.82, 2.24) is 4.31 Å². The molecule has 1 heterocycles. The summed E-state index contributed by atoms with van der Waals surface area (Å²) in [5.74, 6) is -1.12. The topological polar surface area (TPSA) is 102 Å². The van der Waals surface area contributed by atoms with Crippen LogP contribution in [0, 0.1) is 0 Å². The Balaban J connectivity index is 1.40. The van der Waals surface area contributed by atoms with Crippen molar-refractivity contribution in [2.24, 2.45) is 0 Å². The van der Waals surface area contributed by atoms with E-state index in [2.05, 4.69) is 5.32 Å². The van der Waals surface area contributed by atoms with E-state index in [1.807, 2.05) is 30.3 Å². The van der Waals surface area contributed by atoms with Crippen molar-refractivity contribution in [1.29, 1.82) is 0 Å². The van der Waals surface area contributed by atoms with Gasteiger partial charge in [0.2, 0.25) is 10.0 Å². The number of esters is 1. The molecule has 3 aromatic rings. The normalized spacial score (nSPS) is 15.7. The van der Waals surface area contributed by atoms with E-state index in [0.29, 0.717) is 37.6 Å². The molecular formula is C24H24N2O6S. The number of nitrogens with one attached hydrogen (secondary N) is 1. The van der Waals surface area contributed by atoms with Crippen LogP contribution in [0.15, 0.2) is 71.6 Å². The molecule has 9 heteroatoms. The molecule has 1 aliphatic rings. The predicted molar refractivity (Wildman–Crippen MR) is 123 cm³/mol. The van der Waals surface area contributed by atoms with Gasteiger partial charge in [0.15, 0.2) is 6.10 Å². The smallest absolute Gasteiger partial charge is 0.339 e. The molecule has 0 bridgehead atoms. The van der Waals surface area contributed by atoms with Gasteiger partial charge in [0.1, 0.15) is 0 Å². The van der Waals surface area contributed by atoms with Gasteiger partial charge in [-0.25, -0.2) is 13.2 Å². The van der Waals surface area contributed by atoms with E-state index in [1.54, 1.807) is 12.1 Å². The summed E-state index contributed by atoms with van der Waals surface area (Å²) in [6, 6.07) is 18.6. The maximum atomic E-state index is 12.7. The van der Waals surface area contributed by atoms with Crippen molar-refractivity contribution in [2.75, 3.05) is 31.6 Å². The Morgan fingerprint density at radius 1 is 0.970 bits per heavy atom. The molecule has 0 aromatic heterocycles. The summed E-state index contributed by atoms with van der Waals surface area (Å²) in [6.45, 7) is 2.82. The Hall–Kier alpha value is -3.27. The molecule has 172 valence electrons. The second-order valence-corrected chi connectivity index (χ2v) is 9.54. The minimum atomic E-state index is -3.62.